The van der Waals surface area contributed by atoms with E-state index in [1.54, 1.807) is 37.1 Å². The van der Waals surface area contributed by atoms with Crippen LogP contribution in [0.5, 0.6) is 0 Å². The second-order valence-corrected chi connectivity index (χ2v) is 10.4. The van der Waals surface area contributed by atoms with E-state index in [0.29, 0.717) is 31.6 Å². The Kier molecular flexibility index (Phi) is 6.11. The molecular formula is C19H25F2N5O3S. The number of aromatic nitrogens is 3. The summed E-state index contributed by atoms with van der Waals surface area (Å²) < 4.78 is 53.0. The molecule has 0 aliphatic carbocycles. The lowest BCUT2D eigenvalue weighted by Gasteiger charge is -2.40. The number of likely N-dealkylation sites (tertiary alicyclic amines) is 1. The molecule has 0 spiro atoms. The molecule has 11 heteroatoms. The molecule has 8 nitrogen and oxygen atoms in total. The van der Waals surface area contributed by atoms with Gasteiger partial charge in [-0.3, -0.25) is 9.67 Å². The number of rotatable bonds is 5. The van der Waals surface area contributed by atoms with Crippen molar-refractivity contribution in [2.45, 2.75) is 42.8 Å². The molecule has 1 saturated heterocycles. The van der Waals surface area contributed by atoms with E-state index in [1.807, 2.05) is 0 Å². The van der Waals surface area contributed by atoms with E-state index in [4.69, 9.17) is 0 Å². The minimum absolute atomic E-state index is 0.283. The lowest BCUT2D eigenvalue weighted by Crippen LogP contribution is -2.48. The number of alkyl halides is 2. The number of carbonyl (C=O) groups is 1. The molecule has 1 aliphatic rings. The number of nitrogens with one attached hydrogen (secondary N) is 1. The summed E-state index contributed by atoms with van der Waals surface area (Å²) >= 11 is 0. The summed E-state index contributed by atoms with van der Waals surface area (Å²) in [4.78, 5) is 17.6. The van der Waals surface area contributed by atoms with Gasteiger partial charge in [0.05, 0.1) is 16.6 Å². The molecule has 1 aliphatic heterocycles. The van der Waals surface area contributed by atoms with Gasteiger partial charge in [-0.05, 0) is 44.7 Å². The van der Waals surface area contributed by atoms with Crippen molar-refractivity contribution in [1.29, 1.82) is 0 Å². The Morgan fingerprint density at radius 1 is 1.30 bits per heavy atom. The largest absolute Gasteiger partial charge is 0.325 e. The second kappa shape index (κ2) is 8.29. The van der Waals surface area contributed by atoms with Crippen molar-refractivity contribution in [2.24, 2.45) is 13.0 Å². The fourth-order valence-electron chi connectivity index (χ4n) is 3.76. The van der Waals surface area contributed by atoms with E-state index in [-0.39, 0.29) is 11.9 Å². The molecule has 2 aromatic heterocycles. The Morgan fingerprint density at radius 3 is 2.53 bits per heavy atom. The van der Waals surface area contributed by atoms with E-state index in [9.17, 15) is 22.0 Å². The zero-order chi connectivity index (χ0) is 22.1. The van der Waals surface area contributed by atoms with E-state index in [1.165, 1.54) is 13.2 Å². The van der Waals surface area contributed by atoms with Crippen molar-refractivity contribution in [3.05, 3.63) is 36.4 Å². The number of aryl methyl sites for hydroxylation is 1. The number of nitrogens with zero attached hydrogens (tertiary/aromatic N) is 4. The molecule has 3 heterocycles. The third-order valence-corrected chi connectivity index (χ3v) is 8.30. The molecule has 3 rings (SSSR count). The molecule has 0 unspecified atom stereocenters. The van der Waals surface area contributed by atoms with Crippen LogP contribution in [0.4, 0.5) is 19.3 Å². The zero-order valence-corrected chi connectivity index (χ0v) is 17.9. The number of pyridine rings is 1. The van der Waals surface area contributed by atoms with Crippen molar-refractivity contribution >= 4 is 21.6 Å². The number of urea groups is 1. The van der Waals surface area contributed by atoms with Crippen molar-refractivity contribution in [2.75, 3.05) is 18.4 Å². The third-order valence-electron chi connectivity index (χ3n) is 5.69. The summed E-state index contributed by atoms with van der Waals surface area (Å²) in [5.74, 6) is -0.296. The number of sulfone groups is 1. The Bertz CT molecular complexity index is 1000. The molecule has 0 radical (unpaired) electrons. The Morgan fingerprint density at radius 2 is 1.97 bits per heavy atom. The standard InChI is InChI=1S/C19H25F2N5O3S/c1-19(2,30(28,29)15-12-25(3)24-16(15)17(20)21)13-6-9-26(10-7-13)18(27)23-14-5-4-8-22-11-14/h4-5,8,11-13,17H,6-7,9-10H2,1-3H3,(H,23,27). The predicted octanol–water partition coefficient (Wildman–Crippen LogP) is 3.25. The van der Waals surface area contributed by atoms with Crippen LogP contribution in [0.3, 0.4) is 0 Å². The number of anilines is 1. The maximum Gasteiger partial charge on any atom is 0.321 e. The summed E-state index contributed by atoms with van der Waals surface area (Å²) in [6.07, 6.45) is 2.17. The minimum Gasteiger partial charge on any atom is -0.325 e. The van der Waals surface area contributed by atoms with Gasteiger partial charge in [0, 0.05) is 32.5 Å². The third kappa shape index (κ3) is 4.16. The van der Waals surface area contributed by atoms with Crippen molar-refractivity contribution in [3.63, 3.8) is 0 Å². The number of piperidine rings is 1. The Hall–Kier alpha value is -2.56. The average Bonchev–Trinajstić information content (AvgIpc) is 3.11. The van der Waals surface area contributed by atoms with Crippen molar-refractivity contribution in [1.82, 2.24) is 19.7 Å². The normalized spacial score (nSPS) is 16.1. The first-order chi connectivity index (χ1) is 14.0. The van der Waals surface area contributed by atoms with Crippen molar-refractivity contribution < 1.29 is 22.0 Å². The quantitative estimate of drug-likeness (QED) is 0.768. The molecule has 0 aromatic carbocycles. The number of halogens is 2. The van der Waals surface area contributed by atoms with Gasteiger partial charge in [0.1, 0.15) is 10.6 Å². The van der Waals surface area contributed by atoms with Crippen LogP contribution in [-0.2, 0) is 16.9 Å². The molecule has 30 heavy (non-hydrogen) atoms. The molecule has 164 valence electrons. The predicted molar refractivity (Wildman–Crippen MR) is 107 cm³/mol. The molecule has 0 saturated carbocycles. The maximum absolute atomic E-state index is 13.3. The van der Waals surface area contributed by atoms with E-state index >= 15 is 0 Å². The van der Waals surface area contributed by atoms with Crippen LogP contribution in [0.25, 0.3) is 0 Å². The molecule has 0 atom stereocenters. The smallest absolute Gasteiger partial charge is 0.321 e. The van der Waals surface area contributed by atoms with Gasteiger partial charge in [0.25, 0.3) is 6.43 Å². The van der Waals surface area contributed by atoms with Gasteiger partial charge < -0.3 is 10.2 Å². The number of carbonyl (C=O) groups excluding carboxylic acids is 1. The first kappa shape index (κ1) is 22.1. The Balaban J connectivity index is 1.72. The summed E-state index contributed by atoms with van der Waals surface area (Å²) in [7, 11) is -2.66. The van der Waals surface area contributed by atoms with E-state index in [0.717, 1.165) is 10.9 Å². The van der Waals surface area contributed by atoms with Gasteiger partial charge >= 0.3 is 6.03 Å². The lowest BCUT2D eigenvalue weighted by molar-refractivity contribution is 0.141. The molecule has 1 N–H and O–H groups in total. The van der Waals surface area contributed by atoms with Crippen LogP contribution < -0.4 is 5.32 Å². The van der Waals surface area contributed by atoms with Gasteiger partial charge in [-0.25, -0.2) is 22.0 Å². The van der Waals surface area contributed by atoms with Crippen LogP contribution in [0, 0.1) is 5.92 Å². The average molecular weight is 442 g/mol. The summed E-state index contributed by atoms with van der Waals surface area (Å²) in [5, 5.41) is 6.39. The number of hydrogen-bond acceptors (Lipinski definition) is 5. The number of hydrogen-bond donors (Lipinski definition) is 1. The highest BCUT2D eigenvalue weighted by atomic mass is 32.2. The highest BCUT2D eigenvalue weighted by Crippen LogP contribution is 2.40. The second-order valence-electron chi connectivity index (χ2n) is 7.89. The molecule has 1 fully saturated rings. The lowest BCUT2D eigenvalue weighted by atomic mass is 9.86. The highest BCUT2D eigenvalue weighted by molar-refractivity contribution is 7.92. The molecule has 0 bridgehead atoms. The zero-order valence-electron chi connectivity index (χ0n) is 17.0. The van der Waals surface area contributed by atoms with Gasteiger partial charge in [-0.15, -0.1) is 0 Å². The molecule has 2 amide bonds. The van der Waals surface area contributed by atoms with Gasteiger partial charge in [-0.1, -0.05) is 0 Å². The first-order valence-corrected chi connectivity index (χ1v) is 11.0. The van der Waals surface area contributed by atoms with Crippen LogP contribution in [0.15, 0.2) is 35.6 Å². The summed E-state index contributed by atoms with van der Waals surface area (Å²) in [6.45, 7) is 3.84. The topological polar surface area (TPSA) is 97.2 Å². The molecular weight excluding hydrogens is 416 g/mol. The van der Waals surface area contributed by atoms with Crippen molar-refractivity contribution in [3.8, 4) is 0 Å². The first-order valence-electron chi connectivity index (χ1n) is 9.56. The number of amides is 2. The van der Waals surface area contributed by atoms with Gasteiger partial charge in [0.15, 0.2) is 9.84 Å². The van der Waals surface area contributed by atoms with Gasteiger partial charge in [-0.2, -0.15) is 5.10 Å². The fraction of sp³-hybridized carbons (Fsp3) is 0.526. The van der Waals surface area contributed by atoms with Crippen LogP contribution in [0.2, 0.25) is 0 Å². The summed E-state index contributed by atoms with van der Waals surface area (Å²) in [5.41, 5.74) is -0.150. The fourth-order valence-corrected chi connectivity index (χ4v) is 5.70. The van der Waals surface area contributed by atoms with E-state index in [2.05, 4.69) is 15.4 Å². The van der Waals surface area contributed by atoms with Gasteiger partial charge in [0.2, 0.25) is 0 Å². The molecule has 2 aromatic rings. The SMILES string of the molecule is Cn1cc(S(=O)(=O)C(C)(C)C2CCN(C(=O)Nc3cccnc3)CC2)c(C(F)F)n1. The van der Waals surface area contributed by atoms with Crippen LogP contribution in [0.1, 0.15) is 38.8 Å². The Labute approximate surface area is 174 Å². The minimum atomic E-state index is -4.07. The summed E-state index contributed by atoms with van der Waals surface area (Å²) in [6, 6.07) is 3.15. The highest BCUT2D eigenvalue weighted by Gasteiger charge is 2.46. The monoisotopic (exact) mass is 441 g/mol. The van der Waals surface area contributed by atoms with Crippen LogP contribution >= 0.6 is 0 Å². The van der Waals surface area contributed by atoms with Crippen LogP contribution in [-0.4, -0.2) is 51.9 Å². The maximum atomic E-state index is 13.3. The van der Waals surface area contributed by atoms with E-state index < -0.39 is 31.6 Å².